The van der Waals surface area contributed by atoms with Crippen molar-refractivity contribution in [3.63, 3.8) is 0 Å². The molecule has 1 heterocycles. The first kappa shape index (κ1) is 21.8. The van der Waals surface area contributed by atoms with Gasteiger partial charge in [0, 0.05) is 29.6 Å². The maximum absolute atomic E-state index is 12.6. The highest BCUT2D eigenvalue weighted by molar-refractivity contribution is 7.80. The van der Waals surface area contributed by atoms with E-state index in [9.17, 15) is 9.90 Å². The van der Waals surface area contributed by atoms with Crippen LogP contribution in [-0.4, -0.2) is 40.4 Å². The maximum atomic E-state index is 12.6. The van der Waals surface area contributed by atoms with Gasteiger partial charge in [0.25, 0.3) is 5.56 Å². The van der Waals surface area contributed by atoms with Crippen LogP contribution in [0, 0.1) is 0 Å². The summed E-state index contributed by atoms with van der Waals surface area (Å²) >= 11 is 5.64. The van der Waals surface area contributed by atoms with E-state index in [-0.39, 0.29) is 18.2 Å². The van der Waals surface area contributed by atoms with Crippen LogP contribution in [0.4, 0.5) is 0 Å². The van der Waals surface area contributed by atoms with Crippen molar-refractivity contribution in [2.75, 3.05) is 20.3 Å². The van der Waals surface area contributed by atoms with Crippen molar-refractivity contribution in [1.29, 1.82) is 0 Å². The van der Waals surface area contributed by atoms with Gasteiger partial charge in [-0.15, -0.1) is 0 Å². The molecule has 0 unspecified atom stereocenters. The van der Waals surface area contributed by atoms with Gasteiger partial charge in [-0.05, 0) is 55.4 Å². The summed E-state index contributed by atoms with van der Waals surface area (Å²) in [4.78, 5) is 17.5. The topological polar surface area (TPSA) is 77.6 Å². The monoisotopic (exact) mass is 425 g/mol. The lowest BCUT2D eigenvalue weighted by atomic mass is 10.1. The van der Waals surface area contributed by atoms with E-state index in [0.717, 1.165) is 22.2 Å². The second-order valence-electron chi connectivity index (χ2n) is 7.16. The molecule has 0 fully saturated rings. The van der Waals surface area contributed by atoms with E-state index >= 15 is 0 Å². The van der Waals surface area contributed by atoms with Gasteiger partial charge in [0.2, 0.25) is 0 Å². The van der Waals surface area contributed by atoms with Crippen LogP contribution in [0.3, 0.4) is 0 Å². The predicted octanol–water partition coefficient (Wildman–Crippen LogP) is 3.36. The second kappa shape index (κ2) is 10.2. The lowest BCUT2D eigenvalue weighted by Gasteiger charge is -2.28. The Hall–Kier alpha value is -2.90. The van der Waals surface area contributed by atoms with Gasteiger partial charge < -0.3 is 25.0 Å². The number of aliphatic hydroxyl groups excluding tert-OH is 1. The molecule has 30 heavy (non-hydrogen) atoms. The summed E-state index contributed by atoms with van der Waals surface area (Å²) in [6.07, 6.45) is 0.556. The summed E-state index contributed by atoms with van der Waals surface area (Å²) in [6, 6.07) is 17.5. The Morgan fingerprint density at radius 1 is 1.23 bits per heavy atom. The zero-order valence-corrected chi connectivity index (χ0v) is 18.0. The number of hydrogen-bond donors (Lipinski definition) is 3. The predicted molar refractivity (Wildman–Crippen MR) is 124 cm³/mol. The molecule has 3 rings (SSSR count). The van der Waals surface area contributed by atoms with E-state index in [1.807, 2.05) is 66.4 Å². The zero-order chi connectivity index (χ0) is 21.5. The van der Waals surface area contributed by atoms with E-state index in [4.69, 9.17) is 17.0 Å². The van der Waals surface area contributed by atoms with Crippen LogP contribution in [-0.2, 0) is 6.54 Å². The van der Waals surface area contributed by atoms with E-state index in [1.54, 1.807) is 7.11 Å². The van der Waals surface area contributed by atoms with Crippen molar-refractivity contribution < 1.29 is 9.84 Å². The Morgan fingerprint density at radius 3 is 2.70 bits per heavy atom. The molecule has 0 aliphatic rings. The Labute approximate surface area is 181 Å². The van der Waals surface area contributed by atoms with Crippen molar-refractivity contribution in [3.8, 4) is 5.75 Å². The number of fused-ring (bicyclic) bond motifs is 1. The third-order valence-electron chi connectivity index (χ3n) is 5.00. The molecule has 0 amide bonds. The Morgan fingerprint density at radius 2 is 2.00 bits per heavy atom. The minimum absolute atomic E-state index is 0.0227. The number of nitrogens with zero attached hydrogens (tertiary/aromatic N) is 1. The molecule has 0 spiro atoms. The summed E-state index contributed by atoms with van der Waals surface area (Å²) in [6.45, 7) is 2.98. The zero-order valence-electron chi connectivity index (χ0n) is 17.2. The molecule has 0 aliphatic heterocycles. The third-order valence-corrected chi connectivity index (χ3v) is 5.38. The van der Waals surface area contributed by atoms with Gasteiger partial charge >= 0.3 is 0 Å². The molecule has 7 heteroatoms. The number of hydrogen-bond acceptors (Lipinski definition) is 4. The molecule has 0 radical (unpaired) electrons. The van der Waals surface area contributed by atoms with Crippen LogP contribution in [0.25, 0.3) is 10.9 Å². The molecule has 158 valence electrons. The fourth-order valence-corrected chi connectivity index (χ4v) is 3.63. The highest BCUT2D eigenvalue weighted by Crippen LogP contribution is 2.19. The minimum Gasteiger partial charge on any atom is -0.497 e. The molecule has 1 atom stereocenters. The smallest absolute Gasteiger partial charge is 0.253 e. The summed E-state index contributed by atoms with van der Waals surface area (Å²) in [5.74, 6) is 0.728. The van der Waals surface area contributed by atoms with E-state index < -0.39 is 0 Å². The summed E-state index contributed by atoms with van der Waals surface area (Å²) in [7, 11) is 1.61. The summed E-state index contributed by atoms with van der Waals surface area (Å²) in [5, 5.41) is 14.1. The van der Waals surface area contributed by atoms with Crippen molar-refractivity contribution in [2.24, 2.45) is 0 Å². The van der Waals surface area contributed by atoms with Crippen molar-refractivity contribution in [3.05, 3.63) is 76.1 Å². The number of methoxy groups -OCH3 is 1. The third kappa shape index (κ3) is 5.37. The number of aliphatic hydroxyl groups is 1. The van der Waals surface area contributed by atoms with Gasteiger partial charge in [-0.3, -0.25) is 4.79 Å². The number of aromatic amines is 1. The first-order valence-corrected chi connectivity index (χ1v) is 10.3. The number of aromatic nitrogens is 1. The number of pyridine rings is 1. The van der Waals surface area contributed by atoms with Crippen LogP contribution in [0.5, 0.6) is 5.75 Å². The standard InChI is InChI=1S/C23H27N3O3S/c1-16(17-7-4-3-5-8-17)24-23(30)26(11-6-12-27)15-19-13-18-14-20(29-2)9-10-21(18)25-22(19)28/h3-5,7-10,13-14,16,27H,6,11-12,15H2,1-2H3,(H,24,30)(H,25,28)/t16-/m1/s1. The molecule has 3 N–H and O–H groups in total. The molecule has 0 bridgehead atoms. The molecule has 1 aromatic heterocycles. The summed E-state index contributed by atoms with van der Waals surface area (Å²) < 4.78 is 5.29. The molecule has 3 aromatic rings. The molecular weight excluding hydrogens is 398 g/mol. The molecule has 2 aromatic carbocycles. The van der Waals surface area contributed by atoms with E-state index in [2.05, 4.69) is 10.3 Å². The first-order chi connectivity index (χ1) is 14.5. The minimum atomic E-state index is -0.152. The number of nitrogens with one attached hydrogen (secondary N) is 2. The highest BCUT2D eigenvalue weighted by Gasteiger charge is 2.16. The molecule has 0 saturated heterocycles. The Bertz CT molecular complexity index is 1050. The van der Waals surface area contributed by atoms with Crippen LogP contribution < -0.4 is 15.6 Å². The van der Waals surface area contributed by atoms with E-state index in [1.165, 1.54) is 0 Å². The second-order valence-corrected chi connectivity index (χ2v) is 7.54. The highest BCUT2D eigenvalue weighted by atomic mass is 32.1. The van der Waals surface area contributed by atoms with Crippen LogP contribution in [0.1, 0.15) is 30.5 Å². The fourth-order valence-electron chi connectivity index (χ4n) is 3.30. The average Bonchev–Trinajstić information content (AvgIpc) is 2.77. The Balaban J connectivity index is 1.82. The van der Waals surface area contributed by atoms with Gasteiger partial charge in [0.05, 0.1) is 19.7 Å². The summed E-state index contributed by atoms with van der Waals surface area (Å²) in [5.41, 5.74) is 2.33. The molecule has 0 aliphatic carbocycles. The number of ether oxygens (including phenoxy) is 1. The van der Waals surface area contributed by atoms with Crippen LogP contribution in [0.15, 0.2) is 59.4 Å². The maximum Gasteiger partial charge on any atom is 0.253 e. The van der Waals surface area contributed by atoms with Crippen molar-refractivity contribution >= 4 is 28.2 Å². The number of benzene rings is 2. The van der Waals surface area contributed by atoms with Gasteiger partial charge in [0.15, 0.2) is 5.11 Å². The van der Waals surface area contributed by atoms with Gasteiger partial charge in [0.1, 0.15) is 5.75 Å². The first-order valence-electron chi connectivity index (χ1n) is 9.93. The van der Waals surface area contributed by atoms with E-state index in [0.29, 0.717) is 30.2 Å². The van der Waals surface area contributed by atoms with Gasteiger partial charge in [-0.25, -0.2) is 0 Å². The van der Waals surface area contributed by atoms with Gasteiger partial charge in [-0.1, -0.05) is 30.3 Å². The normalized spacial score (nSPS) is 11.8. The number of H-pyrrole nitrogens is 1. The quantitative estimate of drug-likeness (QED) is 0.481. The van der Waals surface area contributed by atoms with Crippen molar-refractivity contribution in [2.45, 2.75) is 25.9 Å². The SMILES string of the molecule is COc1ccc2[nH]c(=O)c(CN(CCCO)C(=S)N[C@H](C)c3ccccc3)cc2c1. The van der Waals surface area contributed by atoms with Crippen LogP contribution in [0.2, 0.25) is 0 Å². The number of rotatable bonds is 8. The average molecular weight is 426 g/mol. The largest absolute Gasteiger partial charge is 0.497 e. The molecule has 6 nitrogen and oxygen atoms in total. The van der Waals surface area contributed by atoms with Crippen molar-refractivity contribution in [1.82, 2.24) is 15.2 Å². The lowest BCUT2D eigenvalue weighted by molar-refractivity contribution is 0.263. The lowest BCUT2D eigenvalue weighted by Crippen LogP contribution is -2.42. The molecular formula is C23H27N3O3S. The molecule has 0 saturated carbocycles. The fraction of sp³-hybridized carbons (Fsp3) is 0.304. The van der Waals surface area contributed by atoms with Gasteiger partial charge in [-0.2, -0.15) is 0 Å². The Kier molecular flexibility index (Phi) is 7.43. The van der Waals surface area contributed by atoms with Crippen LogP contribution >= 0.6 is 12.2 Å². The number of thiocarbonyl (C=S) groups is 1.